The topological polar surface area (TPSA) is 29.1 Å². The molecule has 0 spiro atoms. The summed E-state index contributed by atoms with van der Waals surface area (Å²) in [4.78, 5) is 11.7. The lowest BCUT2D eigenvalue weighted by atomic mass is 10.1. The molecule has 0 atom stereocenters. The molecule has 112 valence electrons. The Labute approximate surface area is 122 Å². The highest BCUT2D eigenvalue weighted by Crippen LogP contribution is 2.31. The Morgan fingerprint density at radius 2 is 1.90 bits per heavy atom. The molecule has 1 amide bonds. The van der Waals surface area contributed by atoms with Crippen LogP contribution < -0.4 is 5.32 Å². The lowest BCUT2D eigenvalue weighted by Gasteiger charge is -2.10. The number of rotatable bonds is 6. The van der Waals surface area contributed by atoms with Crippen molar-refractivity contribution in [2.24, 2.45) is 0 Å². The molecule has 0 saturated heterocycles. The predicted molar refractivity (Wildman–Crippen MR) is 71.4 cm³/mol. The maximum atomic E-state index is 13.1. The van der Waals surface area contributed by atoms with Crippen LogP contribution in [0.15, 0.2) is 18.2 Å². The van der Waals surface area contributed by atoms with Crippen LogP contribution in [0.3, 0.4) is 0 Å². The summed E-state index contributed by atoms with van der Waals surface area (Å²) in [5.74, 6) is -2.01. The molecular weight excluding hydrogens is 342 g/mol. The van der Waals surface area contributed by atoms with E-state index in [9.17, 15) is 22.4 Å². The van der Waals surface area contributed by atoms with E-state index < -0.39 is 23.5 Å². The van der Waals surface area contributed by atoms with Crippen LogP contribution in [0.4, 0.5) is 17.6 Å². The molecule has 7 heteroatoms. The van der Waals surface area contributed by atoms with Gasteiger partial charge in [-0.2, -0.15) is 13.2 Å². The first-order chi connectivity index (χ1) is 9.36. The van der Waals surface area contributed by atoms with Crippen molar-refractivity contribution in [2.75, 3.05) is 11.9 Å². The summed E-state index contributed by atoms with van der Waals surface area (Å²) in [6.45, 7) is 0.380. The largest absolute Gasteiger partial charge is 0.419 e. The summed E-state index contributed by atoms with van der Waals surface area (Å²) in [6, 6.07) is 2.23. The van der Waals surface area contributed by atoms with Gasteiger partial charge in [-0.05, 0) is 31.0 Å². The molecule has 0 fully saturated rings. The second kappa shape index (κ2) is 7.61. The van der Waals surface area contributed by atoms with Gasteiger partial charge < -0.3 is 5.32 Å². The van der Waals surface area contributed by atoms with Gasteiger partial charge in [-0.25, -0.2) is 4.39 Å². The van der Waals surface area contributed by atoms with E-state index in [2.05, 4.69) is 21.2 Å². The molecule has 2 nitrogen and oxygen atoms in total. The van der Waals surface area contributed by atoms with E-state index in [4.69, 9.17) is 0 Å². The van der Waals surface area contributed by atoms with Crippen LogP contribution in [-0.4, -0.2) is 17.8 Å². The zero-order valence-corrected chi connectivity index (χ0v) is 12.2. The Balaban J connectivity index is 2.65. The van der Waals surface area contributed by atoms with Crippen molar-refractivity contribution in [1.29, 1.82) is 0 Å². The van der Waals surface area contributed by atoms with Gasteiger partial charge in [0.05, 0.1) is 5.56 Å². The number of carbonyl (C=O) groups excluding carboxylic acids is 1. The summed E-state index contributed by atoms with van der Waals surface area (Å²) in [6.07, 6.45) is -2.20. The fourth-order valence-electron chi connectivity index (χ4n) is 1.58. The molecule has 0 aromatic heterocycles. The number of amides is 1. The smallest absolute Gasteiger partial charge is 0.352 e. The fraction of sp³-hybridized carbons (Fsp3) is 0.462. The molecule has 0 unspecified atom stereocenters. The number of hydrogen-bond acceptors (Lipinski definition) is 1. The molecule has 0 aliphatic rings. The van der Waals surface area contributed by atoms with Crippen molar-refractivity contribution in [1.82, 2.24) is 5.32 Å². The SMILES string of the molecule is O=C(NCCCCCBr)c1ccc(F)c(C(F)(F)F)c1. The second-order valence-electron chi connectivity index (χ2n) is 4.20. The van der Waals surface area contributed by atoms with Crippen LogP contribution >= 0.6 is 15.9 Å². The average molecular weight is 356 g/mol. The molecule has 0 aliphatic carbocycles. The van der Waals surface area contributed by atoms with Gasteiger partial charge in [0.2, 0.25) is 0 Å². The van der Waals surface area contributed by atoms with Gasteiger partial charge in [-0.15, -0.1) is 0 Å². The van der Waals surface area contributed by atoms with Crippen molar-refractivity contribution in [3.05, 3.63) is 35.1 Å². The second-order valence-corrected chi connectivity index (χ2v) is 4.99. The molecule has 0 saturated carbocycles. The van der Waals surface area contributed by atoms with E-state index >= 15 is 0 Å². The van der Waals surface area contributed by atoms with Crippen LogP contribution in [0.2, 0.25) is 0 Å². The quantitative estimate of drug-likeness (QED) is 0.463. The van der Waals surface area contributed by atoms with Gasteiger partial charge >= 0.3 is 6.18 Å². The molecule has 1 aromatic rings. The van der Waals surface area contributed by atoms with E-state index in [0.717, 1.165) is 30.7 Å². The highest BCUT2D eigenvalue weighted by molar-refractivity contribution is 9.09. The van der Waals surface area contributed by atoms with Gasteiger partial charge in [-0.1, -0.05) is 22.4 Å². The zero-order chi connectivity index (χ0) is 15.2. The Hall–Kier alpha value is -1.11. The maximum absolute atomic E-state index is 13.1. The van der Waals surface area contributed by atoms with E-state index in [-0.39, 0.29) is 5.56 Å². The molecule has 0 aliphatic heterocycles. The van der Waals surface area contributed by atoms with Crippen LogP contribution in [0.5, 0.6) is 0 Å². The highest BCUT2D eigenvalue weighted by Gasteiger charge is 2.34. The van der Waals surface area contributed by atoms with Crippen molar-refractivity contribution in [3.8, 4) is 0 Å². The summed E-state index contributed by atoms with van der Waals surface area (Å²) >= 11 is 3.27. The monoisotopic (exact) mass is 355 g/mol. The molecule has 0 bridgehead atoms. The first kappa shape index (κ1) is 16.9. The Bertz CT molecular complexity index is 462. The third-order valence-electron chi connectivity index (χ3n) is 2.63. The molecule has 0 radical (unpaired) electrons. The Morgan fingerprint density at radius 3 is 2.50 bits per heavy atom. The Morgan fingerprint density at radius 1 is 1.20 bits per heavy atom. The summed E-state index contributed by atoms with van der Waals surface area (Å²) in [5.41, 5.74) is -1.62. The minimum Gasteiger partial charge on any atom is -0.352 e. The number of halogens is 5. The zero-order valence-electron chi connectivity index (χ0n) is 10.6. The third kappa shape index (κ3) is 5.11. The molecule has 1 aromatic carbocycles. The van der Waals surface area contributed by atoms with Crippen LogP contribution in [0.1, 0.15) is 35.2 Å². The highest BCUT2D eigenvalue weighted by atomic mass is 79.9. The summed E-state index contributed by atoms with van der Waals surface area (Å²) in [7, 11) is 0. The molecule has 1 rings (SSSR count). The third-order valence-corrected chi connectivity index (χ3v) is 3.19. The van der Waals surface area contributed by atoms with Gasteiger partial charge in [0.1, 0.15) is 5.82 Å². The number of carbonyl (C=O) groups is 1. The minimum absolute atomic E-state index is 0.195. The first-order valence-electron chi connectivity index (χ1n) is 6.07. The van der Waals surface area contributed by atoms with Crippen molar-refractivity contribution < 1.29 is 22.4 Å². The lowest BCUT2D eigenvalue weighted by molar-refractivity contribution is -0.140. The van der Waals surface area contributed by atoms with E-state index in [1.54, 1.807) is 0 Å². The standard InChI is InChI=1S/C13H14BrF4NO/c14-6-2-1-3-7-19-12(20)9-4-5-11(15)10(8-9)13(16,17)18/h4-5,8H,1-3,6-7H2,(H,19,20). The predicted octanol–water partition coefficient (Wildman–Crippen LogP) is 4.14. The first-order valence-corrected chi connectivity index (χ1v) is 7.19. The van der Waals surface area contributed by atoms with E-state index in [1.807, 2.05) is 0 Å². The number of benzene rings is 1. The molecule has 0 heterocycles. The Kier molecular flexibility index (Phi) is 6.45. The van der Waals surface area contributed by atoms with Crippen molar-refractivity contribution in [2.45, 2.75) is 25.4 Å². The number of nitrogens with one attached hydrogen (secondary N) is 1. The fourth-order valence-corrected chi connectivity index (χ4v) is 1.98. The van der Waals surface area contributed by atoms with Gasteiger partial charge in [-0.3, -0.25) is 4.79 Å². The van der Waals surface area contributed by atoms with E-state index in [1.165, 1.54) is 0 Å². The number of hydrogen-bond donors (Lipinski definition) is 1. The van der Waals surface area contributed by atoms with E-state index in [0.29, 0.717) is 18.7 Å². The minimum atomic E-state index is -4.81. The van der Waals surface area contributed by atoms with Crippen molar-refractivity contribution in [3.63, 3.8) is 0 Å². The number of alkyl halides is 4. The molecular formula is C13H14BrF4NO. The van der Waals surface area contributed by atoms with Gasteiger partial charge in [0, 0.05) is 17.4 Å². The number of unbranched alkanes of at least 4 members (excludes halogenated alkanes) is 2. The summed E-state index contributed by atoms with van der Waals surface area (Å²) < 4.78 is 50.6. The van der Waals surface area contributed by atoms with Gasteiger partial charge in [0.25, 0.3) is 5.91 Å². The summed E-state index contributed by atoms with van der Waals surface area (Å²) in [5, 5.41) is 3.38. The average Bonchev–Trinajstić information content (AvgIpc) is 2.37. The lowest BCUT2D eigenvalue weighted by Crippen LogP contribution is -2.25. The molecule has 20 heavy (non-hydrogen) atoms. The normalized spacial score (nSPS) is 11.4. The molecule has 1 N–H and O–H groups in total. The van der Waals surface area contributed by atoms with Gasteiger partial charge in [0.15, 0.2) is 0 Å². The van der Waals surface area contributed by atoms with Crippen molar-refractivity contribution >= 4 is 21.8 Å². The van der Waals surface area contributed by atoms with Crippen LogP contribution in [-0.2, 0) is 6.18 Å². The van der Waals surface area contributed by atoms with Crippen LogP contribution in [0, 0.1) is 5.82 Å². The van der Waals surface area contributed by atoms with Crippen LogP contribution in [0.25, 0.3) is 0 Å². The maximum Gasteiger partial charge on any atom is 0.419 e.